The van der Waals surface area contributed by atoms with Crippen molar-refractivity contribution >= 4 is 27.2 Å². The Kier molecular flexibility index (Phi) is 9.13. The van der Waals surface area contributed by atoms with Crippen molar-refractivity contribution in [3.05, 3.63) is 83.9 Å². The first-order chi connectivity index (χ1) is 17.9. The summed E-state index contributed by atoms with van der Waals surface area (Å²) in [6.45, 7) is 1.72. The predicted octanol–water partition coefficient (Wildman–Crippen LogP) is 4.52. The van der Waals surface area contributed by atoms with Crippen molar-refractivity contribution in [2.45, 2.75) is 37.1 Å². The van der Waals surface area contributed by atoms with Crippen LogP contribution in [0.5, 0.6) is 11.5 Å². The second-order valence-corrected chi connectivity index (χ2v) is 9.77. The molecule has 38 heavy (non-hydrogen) atoms. The molecule has 0 unspecified atom stereocenters. The van der Waals surface area contributed by atoms with E-state index in [1.165, 1.54) is 30.3 Å². The second-order valence-electron chi connectivity index (χ2n) is 8.12. The molecule has 0 aliphatic heterocycles. The number of carbonyl (C=O) groups is 1. The fourth-order valence-corrected chi connectivity index (χ4v) is 4.72. The molecule has 1 atom stereocenters. The third-order valence-corrected chi connectivity index (χ3v) is 6.59. The number of carbonyl (C=O) groups excluding carboxylic acids is 1. The highest BCUT2D eigenvalue weighted by Gasteiger charge is 2.31. The summed E-state index contributed by atoms with van der Waals surface area (Å²) in [5.74, 6) is -1.44. The van der Waals surface area contributed by atoms with Crippen LogP contribution in [0.3, 0.4) is 0 Å². The van der Waals surface area contributed by atoms with Crippen LogP contribution in [0.1, 0.15) is 18.1 Å². The Bertz CT molecular complexity index is 1400. The lowest BCUT2D eigenvalue weighted by molar-refractivity contribution is -0.274. The van der Waals surface area contributed by atoms with Gasteiger partial charge in [-0.15, -0.1) is 13.2 Å². The second kappa shape index (κ2) is 12.1. The number of Topliss-reactive ketones (excluding diaryl/α,β-unsaturated/α-hetero) is 1. The van der Waals surface area contributed by atoms with Gasteiger partial charge in [0.15, 0.2) is 0 Å². The van der Waals surface area contributed by atoms with Crippen molar-refractivity contribution in [3.8, 4) is 11.5 Å². The van der Waals surface area contributed by atoms with Crippen LogP contribution in [-0.4, -0.2) is 44.1 Å². The van der Waals surface area contributed by atoms with Gasteiger partial charge in [0.25, 0.3) is 10.0 Å². The van der Waals surface area contributed by atoms with Gasteiger partial charge in [-0.2, -0.15) is 0 Å². The summed E-state index contributed by atoms with van der Waals surface area (Å²) in [5.41, 5.74) is 0.583. The van der Waals surface area contributed by atoms with Gasteiger partial charge in [-0.25, -0.2) is 8.42 Å². The largest absolute Gasteiger partial charge is 0.573 e. The molecule has 0 aliphatic carbocycles. The molecule has 0 aromatic heterocycles. The smallest absolute Gasteiger partial charge is 0.492 e. The van der Waals surface area contributed by atoms with Gasteiger partial charge in [-0.05, 0) is 42.3 Å². The summed E-state index contributed by atoms with van der Waals surface area (Å²) in [5, 5.41) is 18.4. The van der Waals surface area contributed by atoms with Crippen LogP contribution in [0.2, 0.25) is 0 Å². The maximum absolute atomic E-state index is 13.0. The Morgan fingerprint density at radius 2 is 1.74 bits per heavy atom. The number of hydrogen-bond donors (Lipinski definition) is 3. The van der Waals surface area contributed by atoms with E-state index in [4.69, 9.17) is 10.1 Å². The van der Waals surface area contributed by atoms with Crippen molar-refractivity contribution in [1.29, 1.82) is 5.41 Å². The average molecular weight is 551 g/mol. The summed E-state index contributed by atoms with van der Waals surface area (Å²) in [4.78, 5) is 12.2. The Labute approximate surface area is 217 Å². The molecule has 3 aromatic rings. The first-order valence-electron chi connectivity index (χ1n) is 11.4. The molecule has 0 fully saturated rings. The molecule has 0 amide bonds. The maximum atomic E-state index is 13.0. The number of aliphatic hydroxyl groups excluding tert-OH is 1. The van der Waals surface area contributed by atoms with Crippen LogP contribution >= 0.6 is 0 Å². The summed E-state index contributed by atoms with van der Waals surface area (Å²) < 4.78 is 75.0. The summed E-state index contributed by atoms with van der Waals surface area (Å²) in [6.07, 6.45) is -6.49. The third-order valence-electron chi connectivity index (χ3n) is 5.17. The number of benzene rings is 3. The average Bonchev–Trinajstić information content (AvgIpc) is 2.83. The zero-order valence-corrected chi connectivity index (χ0v) is 21.0. The number of hydrogen-bond acceptors (Lipinski definition) is 7. The van der Waals surface area contributed by atoms with Gasteiger partial charge in [-0.3, -0.25) is 9.52 Å². The van der Waals surface area contributed by atoms with Crippen molar-refractivity contribution in [3.63, 3.8) is 0 Å². The van der Waals surface area contributed by atoms with E-state index in [0.29, 0.717) is 5.56 Å². The molecule has 0 radical (unpaired) electrons. The van der Waals surface area contributed by atoms with Crippen LogP contribution in [0.15, 0.2) is 77.7 Å². The highest BCUT2D eigenvalue weighted by atomic mass is 32.2. The van der Waals surface area contributed by atoms with Gasteiger partial charge in [0, 0.05) is 18.9 Å². The highest BCUT2D eigenvalue weighted by Crippen LogP contribution is 2.30. The van der Waals surface area contributed by atoms with E-state index in [1.54, 1.807) is 37.3 Å². The first kappa shape index (κ1) is 28.7. The topological polar surface area (TPSA) is 126 Å². The number of sulfonamides is 1. The monoisotopic (exact) mass is 550 g/mol. The van der Waals surface area contributed by atoms with Crippen molar-refractivity contribution in [2.24, 2.45) is 0 Å². The highest BCUT2D eigenvalue weighted by molar-refractivity contribution is 7.92. The molecule has 0 aliphatic rings. The van der Waals surface area contributed by atoms with Crippen LogP contribution in [-0.2, 0) is 27.7 Å². The Morgan fingerprint density at radius 1 is 1.03 bits per heavy atom. The molecule has 0 bridgehead atoms. The minimum atomic E-state index is -4.94. The fraction of sp³-hybridized carbons (Fsp3) is 0.231. The minimum Gasteiger partial charge on any atom is -0.492 e. The molecule has 8 nitrogen and oxygen atoms in total. The lowest BCUT2D eigenvalue weighted by Gasteiger charge is -2.15. The lowest BCUT2D eigenvalue weighted by Crippen LogP contribution is -2.31. The number of ether oxygens (including phenoxy) is 2. The van der Waals surface area contributed by atoms with E-state index in [1.807, 2.05) is 0 Å². The van der Waals surface area contributed by atoms with Crippen LogP contribution < -0.4 is 14.2 Å². The molecule has 202 valence electrons. The van der Waals surface area contributed by atoms with Crippen LogP contribution in [0.4, 0.5) is 18.9 Å². The maximum Gasteiger partial charge on any atom is 0.573 e. The zero-order valence-electron chi connectivity index (χ0n) is 20.2. The SMILES string of the molecule is CCOc1cc(CC(=N)C(=O)[C@@H](O)Cc2ccccc2)ccc1S(=O)(=O)Nc1cccc(OC(F)(F)F)c1. The van der Waals surface area contributed by atoms with Crippen LogP contribution in [0, 0.1) is 5.41 Å². The third kappa shape index (κ3) is 8.05. The summed E-state index contributed by atoms with van der Waals surface area (Å²) in [7, 11) is -4.31. The van der Waals surface area contributed by atoms with Gasteiger partial charge < -0.3 is 20.0 Å². The van der Waals surface area contributed by atoms with E-state index in [0.717, 1.165) is 17.7 Å². The van der Waals surface area contributed by atoms with Gasteiger partial charge >= 0.3 is 6.36 Å². The number of rotatable bonds is 12. The summed E-state index contributed by atoms with van der Waals surface area (Å²) in [6, 6.07) is 17.1. The number of alkyl halides is 3. The number of nitrogens with one attached hydrogen (secondary N) is 2. The Balaban J connectivity index is 1.76. The molecule has 0 heterocycles. The standard InChI is InChI=1S/C26H25F3N2O6S/c1-2-36-23-15-18(13-21(30)25(33)22(32)14-17-7-4-3-5-8-17)11-12-24(23)38(34,35)31-19-9-6-10-20(16-19)37-26(27,28)29/h3-12,15-16,22,30-32H,2,13-14H2,1H3/t22-/m0/s1. The molecule has 3 N–H and O–H groups in total. The van der Waals surface area contributed by atoms with E-state index < -0.39 is 34.0 Å². The van der Waals surface area contributed by atoms with E-state index in [-0.39, 0.29) is 41.5 Å². The molecular formula is C26H25F3N2O6S. The van der Waals surface area contributed by atoms with Gasteiger partial charge in [0.2, 0.25) is 5.78 Å². The van der Waals surface area contributed by atoms with Gasteiger partial charge in [0.1, 0.15) is 22.5 Å². The Morgan fingerprint density at radius 3 is 2.39 bits per heavy atom. The van der Waals surface area contributed by atoms with E-state index in [9.17, 15) is 31.5 Å². The Hall–Kier alpha value is -3.90. The minimum absolute atomic E-state index is 0.0459. The quantitative estimate of drug-likeness (QED) is 0.285. The first-order valence-corrected chi connectivity index (χ1v) is 12.8. The molecule has 3 aromatic carbocycles. The lowest BCUT2D eigenvalue weighted by atomic mass is 9.98. The van der Waals surface area contributed by atoms with Gasteiger partial charge in [0.05, 0.1) is 18.0 Å². The predicted molar refractivity (Wildman–Crippen MR) is 134 cm³/mol. The van der Waals surface area contributed by atoms with E-state index in [2.05, 4.69) is 9.46 Å². The molecule has 0 saturated carbocycles. The normalized spacial score (nSPS) is 12.4. The molecule has 0 spiro atoms. The fourth-order valence-electron chi connectivity index (χ4n) is 3.54. The van der Waals surface area contributed by atoms with Crippen LogP contribution in [0.25, 0.3) is 0 Å². The van der Waals surface area contributed by atoms with E-state index >= 15 is 0 Å². The number of halogens is 3. The molecule has 3 rings (SSSR count). The van der Waals surface area contributed by atoms with Crippen molar-refractivity contribution in [2.75, 3.05) is 11.3 Å². The summed E-state index contributed by atoms with van der Waals surface area (Å²) >= 11 is 0. The number of anilines is 1. The molecule has 0 saturated heterocycles. The van der Waals surface area contributed by atoms with Crippen molar-refractivity contribution < 1.29 is 41.0 Å². The molecular weight excluding hydrogens is 525 g/mol. The zero-order chi connectivity index (χ0) is 27.9. The molecule has 12 heteroatoms. The number of ketones is 1. The number of aliphatic hydroxyl groups is 1. The van der Waals surface area contributed by atoms with Crippen molar-refractivity contribution in [1.82, 2.24) is 0 Å². The van der Waals surface area contributed by atoms with Gasteiger partial charge in [-0.1, -0.05) is 42.5 Å².